The lowest BCUT2D eigenvalue weighted by Crippen LogP contribution is -2.23. The van der Waals surface area contributed by atoms with E-state index in [0.717, 1.165) is 10.9 Å². The van der Waals surface area contributed by atoms with Gasteiger partial charge in [0.15, 0.2) is 0 Å². The summed E-state index contributed by atoms with van der Waals surface area (Å²) >= 11 is 3.60. The molecule has 2 rings (SSSR count). The predicted molar refractivity (Wildman–Crippen MR) is 69.6 cm³/mol. The van der Waals surface area contributed by atoms with Crippen LogP contribution < -0.4 is 5.32 Å². The molecule has 1 heterocycles. The maximum Gasteiger partial charge on any atom is 0.0724 e. The Morgan fingerprint density at radius 3 is 3.00 bits per heavy atom. The molecule has 0 aromatic heterocycles. The molecule has 1 aromatic carbocycles. The van der Waals surface area contributed by atoms with E-state index in [-0.39, 0.29) is 0 Å². The zero-order valence-electron chi connectivity index (χ0n) is 9.63. The summed E-state index contributed by atoms with van der Waals surface area (Å²) in [6.45, 7) is 1.84. The fourth-order valence-corrected chi connectivity index (χ4v) is 2.75. The van der Waals surface area contributed by atoms with Crippen molar-refractivity contribution in [2.45, 2.75) is 31.9 Å². The monoisotopic (exact) mass is 283 g/mol. The Morgan fingerprint density at radius 1 is 1.50 bits per heavy atom. The quantitative estimate of drug-likeness (QED) is 0.918. The fourth-order valence-electron chi connectivity index (χ4n) is 2.21. The summed E-state index contributed by atoms with van der Waals surface area (Å²) < 4.78 is 6.30. The standard InChI is InChI=1S/C13H18BrNO/c1-16-9-11-5-4-10(8-13(11)14)7-12-3-2-6-15-12/h4-5,8,12,15H,2-3,6-7,9H2,1H3. The first-order valence-electron chi connectivity index (χ1n) is 5.79. The second-order valence-corrected chi connectivity index (χ2v) is 5.21. The number of rotatable bonds is 4. The van der Waals surface area contributed by atoms with Gasteiger partial charge in [0.25, 0.3) is 0 Å². The minimum atomic E-state index is 0.667. The number of hydrogen-bond donors (Lipinski definition) is 1. The third-order valence-electron chi connectivity index (χ3n) is 3.06. The molecule has 1 atom stereocenters. The van der Waals surface area contributed by atoms with E-state index in [0.29, 0.717) is 12.6 Å². The molecular formula is C13H18BrNO. The highest BCUT2D eigenvalue weighted by atomic mass is 79.9. The van der Waals surface area contributed by atoms with Gasteiger partial charge in [0.05, 0.1) is 6.61 Å². The number of benzene rings is 1. The minimum absolute atomic E-state index is 0.667. The molecule has 1 N–H and O–H groups in total. The van der Waals surface area contributed by atoms with Crippen LogP contribution in [0.15, 0.2) is 22.7 Å². The largest absolute Gasteiger partial charge is 0.380 e. The highest BCUT2D eigenvalue weighted by Gasteiger charge is 2.14. The smallest absolute Gasteiger partial charge is 0.0724 e. The number of ether oxygens (including phenoxy) is 1. The third-order valence-corrected chi connectivity index (χ3v) is 3.80. The van der Waals surface area contributed by atoms with E-state index in [4.69, 9.17) is 4.74 Å². The van der Waals surface area contributed by atoms with E-state index in [1.165, 1.54) is 30.5 Å². The first-order valence-corrected chi connectivity index (χ1v) is 6.58. The Balaban J connectivity index is 2.02. The number of halogens is 1. The summed E-state index contributed by atoms with van der Waals surface area (Å²) in [5.74, 6) is 0. The zero-order valence-corrected chi connectivity index (χ0v) is 11.2. The molecule has 3 heteroatoms. The van der Waals surface area contributed by atoms with Crippen molar-refractivity contribution in [2.75, 3.05) is 13.7 Å². The molecule has 1 unspecified atom stereocenters. The molecule has 0 spiro atoms. The molecule has 0 aliphatic carbocycles. The summed E-state index contributed by atoms with van der Waals surface area (Å²) in [6, 6.07) is 7.24. The van der Waals surface area contributed by atoms with Crippen molar-refractivity contribution < 1.29 is 4.74 Å². The van der Waals surface area contributed by atoms with Crippen molar-refractivity contribution >= 4 is 15.9 Å². The van der Waals surface area contributed by atoms with Crippen LogP contribution in [-0.2, 0) is 17.8 Å². The second kappa shape index (κ2) is 5.80. The lowest BCUT2D eigenvalue weighted by Gasteiger charge is -2.11. The maximum atomic E-state index is 5.14. The van der Waals surface area contributed by atoms with E-state index in [2.05, 4.69) is 39.4 Å². The van der Waals surface area contributed by atoms with Gasteiger partial charge in [-0.25, -0.2) is 0 Å². The van der Waals surface area contributed by atoms with Crippen molar-refractivity contribution in [3.05, 3.63) is 33.8 Å². The third kappa shape index (κ3) is 3.06. The average Bonchev–Trinajstić information content (AvgIpc) is 2.75. The van der Waals surface area contributed by atoms with Gasteiger partial charge in [0.2, 0.25) is 0 Å². The SMILES string of the molecule is COCc1ccc(CC2CCCN2)cc1Br. The van der Waals surface area contributed by atoms with Crippen LogP contribution in [0.25, 0.3) is 0 Å². The van der Waals surface area contributed by atoms with Crippen LogP contribution in [0.5, 0.6) is 0 Å². The molecule has 1 aliphatic rings. The van der Waals surface area contributed by atoms with Gasteiger partial charge in [-0.2, -0.15) is 0 Å². The van der Waals surface area contributed by atoms with Crippen LogP contribution in [0.3, 0.4) is 0 Å². The molecule has 1 fully saturated rings. The summed E-state index contributed by atoms with van der Waals surface area (Å²) in [6.07, 6.45) is 3.75. The Hall–Kier alpha value is -0.380. The van der Waals surface area contributed by atoms with Crippen molar-refractivity contribution in [1.82, 2.24) is 5.32 Å². The highest BCUT2D eigenvalue weighted by molar-refractivity contribution is 9.10. The van der Waals surface area contributed by atoms with Crippen molar-refractivity contribution in [1.29, 1.82) is 0 Å². The fraction of sp³-hybridized carbons (Fsp3) is 0.538. The average molecular weight is 284 g/mol. The summed E-state index contributed by atoms with van der Waals surface area (Å²) in [4.78, 5) is 0. The molecule has 16 heavy (non-hydrogen) atoms. The predicted octanol–water partition coefficient (Wildman–Crippen LogP) is 2.89. The first-order chi connectivity index (χ1) is 7.79. The topological polar surface area (TPSA) is 21.3 Å². The molecule has 0 amide bonds. The van der Waals surface area contributed by atoms with Gasteiger partial charge in [0.1, 0.15) is 0 Å². The highest BCUT2D eigenvalue weighted by Crippen LogP contribution is 2.21. The Bertz CT molecular complexity index is 348. The Labute approximate surface area is 106 Å². The molecule has 0 bridgehead atoms. The summed E-state index contributed by atoms with van der Waals surface area (Å²) in [5, 5.41) is 3.52. The van der Waals surface area contributed by atoms with E-state index in [1.54, 1.807) is 7.11 Å². The van der Waals surface area contributed by atoms with Gasteiger partial charge in [-0.15, -0.1) is 0 Å². The van der Waals surface area contributed by atoms with Crippen LogP contribution in [-0.4, -0.2) is 19.7 Å². The molecule has 88 valence electrons. The molecule has 1 aromatic rings. The lowest BCUT2D eigenvalue weighted by molar-refractivity contribution is 0.184. The Morgan fingerprint density at radius 2 is 2.38 bits per heavy atom. The molecule has 1 saturated heterocycles. The van der Waals surface area contributed by atoms with Crippen LogP contribution >= 0.6 is 15.9 Å². The molecule has 0 radical (unpaired) electrons. The number of hydrogen-bond acceptors (Lipinski definition) is 2. The maximum absolute atomic E-state index is 5.14. The van der Waals surface area contributed by atoms with Gasteiger partial charge in [0, 0.05) is 17.6 Å². The molecule has 2 nitrogen and oxygen atoms in total. The van der Waals surface area contributed by atoms with E-state index in [9.17, 15) is 0 Å². The number of methoxy groups -OCH3 is 1. The summed E-state index contributed by atoms with van der Waals surface area (Å²) in [7, 11) is 1.72. The lowest BCUT2D eigenvalue weighted by atomic mass is 10.0. The second-order valence-electron chi connectivity index (χ2n) is 4.36. The minimum Gasteiger partial charge on any atom is -0.380 e. The van der Waals surface area contributed by atoms with Gasteiger partial charge < -0.3 is 10.1 Å². The van der Waals surface area contributed by atoms with E-state index in [1.807, 2.05) is 0 Å². The van der Waals surface area contributed by atoms with Gasteiger partial charge in [-0.3, -0.25) is 0 Å². The normalized spacial score (nSPS) is 20.2. The van der Waals surface area contributed by atoms with Crippen LogP contribution in [0.4, 0.5) is 0 Å². The molecule has 0 saturated carbocycles. The van der Waals surface area contributed by atoms with Crippen LogP contribution in [0.2, 0.25) is 0 Å². The van der Waals surface area contributed by atoms with E-state index < -0.39 is 0 Å². The van der Waals surface area contributed by atoms with Gasteiger partial charge in [-0.1, -0.05) is 28.1 Å². The van der Waals surface area contributed by atoms with Crippen LogP contribution in [0, 0.1) is 0 Å². The van der Waals surface area contributed by atoms with Crippen molar-refractivity contribution in [3.8, 4) is 0 Å². The van der Waals surface area contributed by atoms with Crippen molar-refractivity contribution in [2.24, 2.45) is 0 Å². The number of nitrogens with one attached hydrogen (secondary N) is 1. The molecular weight excluding hydrogens is 266 g/mol. The van der Waals surface area contributed by atoms with E-state index >= 15 is 0 Å². The van der Waals surface area contributed by atoms with Gasteiger partial charge in [-0.05, 0) is 43.0 Å². The zero-order chi connectivity index (χ0) is 11.4. The van der Waals surface area contributed by atoms with Crippen LogP contribution in [0.1, 0.15) is 24.0 Å². The van der Waals surface area contributed by atoms with Crippen molar-refractivity contribution in [3.63, 3.8) is 0 Å². The summed E-state index contributed by atoms with van der Waals surface area (Å²) in [5.41, 5.74) is 2.61. The Kier molecular flexibility index (Phi) is 4.38. The molecule has 1 aliphatic heterocycles. The van der Waals surface area contributed by atoms with Gasteiger partial charge >= 0.3 is 0 Å². The first kappa shape index (κ1) is 12.1.